The predicted octanol–water partition coefficient (Wildman–Crippen LogP) is 3.99. The van der Waals surface area contributed by atoms with Crippen molar-refractivity contribution in [3.05, 3.63) is 46.6 Å². The highest BCUT2D eigenvalue weighted by atomic mass is 19.3. The van der Waals surface area contributed by atoms with Gasteiger partial charge in [-0.15, -0.1) is 0 Å². The topological polar surface area (TPSA) is 98.1 Å². The fourth-order valence-corrected chi connectivity index (χ4v) is 5.82. The van der Waals surface area contributed by atoms with E-state index in [1.54, 1.807) is 24.5 Å². The Labute approximate surface area is 203 Å². The fourth-order valence-electron chi connectivity index (χ4n) is 5.82. The Morgan fingerprint density at radius 1 is 1.29 bits per heavy atom. The standard InChI is InChI=1S/C25H33F2N5O3/c1-5-18(15-6-8-28-9-7-15)31-21(33)13-32-23(34)22(35-24(26)27)20(12-29-32)30-19-11-16-10-17(14(19)2)25(16,3)4/h6-9,12,14,16-19,24,30H,5,10-11,13H2,1-4H3,(H,31,33)/t14-,16-,17?,18?,19?/m1/s1. The quantitative estimate of drug-likeness (QED) is 0.553. The number of rotatable bonds is 9. The lowest BCUT2D eigenvalue weighted by Crippen LogP contribution is -2.58. The van der Waals surface area contributed by atoms with Gasteiger partial charge in [-0.2, -0.15) is 13.9 Å². The fraction of sp³-hybridized carbons (Fsp3) is 0.600. The van der Waals surface area contributed by atoms with Gasteiger partial charge in [-0.1, -0.05) is 27.7 Å². The second-order valence-corrected chi connectivity index (χ2v) is 10.2. The summed E-state index contributed by atoms with van der Waals surface area (Å²) in [6.07, 6.45) is 7.24. The van der Waals surface area contributed by atoms with E-state index in [9.17, 15) is 18.4 Å². The summed E-state index contributed by atoms with van der Waals surface area (Å²) in [4.78, 5) is 29.6. The molecule has 10 heteroatoms. The van der Waals surface area contributed by atoms with Gasteiger partial charge in [0.05, 0.1) is 12.2 Å². The number of carbonyl (C=O) groups is 1. The lowest BCUT2D eigenvalue weighted by atomic mass is 9.45. The Kier molecular flexibility index (Phi) is 7.10. The first kappa shape index (κ1) is 25.1. The molecule has 3 unspecified atom stereocenters. The third-order valence-corrected chi connectivity index (χ3v) is 8.05. The number of halogens is 2. The zero-order chi connectivity index (χ0) is 25.3. The molecule has 2 bridgehead atoms. The molecule has 3 aliphatic rings. The number of pyridine rings is 1. The van der Waals surface area contributed by atoms with Crippen LogP contribution < -0.4 is 20.9 Å². The molecular formula is C25H33F2N5O3. The number of nitrogens with zero attached hydrogens (tertiary/aromatic N) is 3. The summed E-state index contributed by atoms with van der Waals surface area (Å²) in [6.45, 7) is 5.02. The van der Waals surface area contributed by atoms with Crippen molar-refractivity contribution >= 4 is 11.6 Å². The Bertz CT molecular complexity index is 1110. The number of ether oxygens (including phenoxy) is 1. The monoisotopic (exact) mass is 489 g/mol. The number of carbonyl (C=O) groups excluding carboxylic acids is 1. The second-order valence-electron chi connectivity index (χ2n) is 10.2. The maximum absolute atomic E-state index is 13.2. The minimum atomic E-state index is -3.18. The number of fused-ring (bicyclic) bond motifs is 2. The molecule has 0 aliphatic heterocycles. The van der Waals surface area contributed by atoms with Gasteiger partial charge in [0.15, 0.2) is 0 Å². The molecule has 0 radical (unpaired) electrons. The maximum atomic E-state index is 13.2. The molecule has 3 fully saturated rings. The molecular weight excluding hydrogens is 456 g/mol. The summed E-state index contributed by atoms with van der Waals surface area (Å²) in [5.74, 6) is 0.401. The highest BCUT2D eigenvalue weighted by Gasteiger charge is 2.56. The zero-order valence-corrected chi connectivity index (χ0v) is 20.5. The van der Waals surface area contributed by atoms with Gasteiger partial charge in [0.1, 0.15) is 12.2 Å². The molecule has 5 atom stereocenters. The van der Waals surface area contributed by atoms with Gasteiger partial charge in [-0.3, -0.25) is 14.6 Å². The van der Waals surface area contributed by atoms with Crippen LogP contribution in [0, 0.1) is 23.2 Å². The molecule has 35 heavy (non-hydrogen) atoms. The van der Waals surface area contributed by atoms with Crippen molar-refractivity contribution in [1.82, 2.24) is 20.1 Å². The van der Waals surface area contributed by atoms with Gasteiger partial charge in [-0.05, 0) is 60.1 Å². The van der Waals surface area contributed by atoms with Gasteiger partial charge in [0.2, 0.25) is 11.7 Å². The van der Waals surface area contributed by atoms with Gasteiger partial charge in [-0.25, -0.2) is 4.68 Å². The normalized spacial score (nSPS) is 25.5. The lowest BCUT2D eigenvalue weighted by Gasteiger charge is -2.62. The number of aromatic nitrogens is 3. The summed E-state index contributed by atoms with van der Waals surface area (Å²) in [6, 6.07) is 3.34. The van der Waals surface area contributed by atoms with E-state index in [2.05, 4.69) is 46.2 Å². The van der Waals surface area contributed by atoms with Crippen molar-refractivity contribution in [3.63, 3.8) is 0 Å². The average Bonchev–Trinajstić information content (AvgIpc) is 2.82. The number of hydrogen-bond acceptors (Lipinski definition) is 6. The molecule has 190 valence electrons. The van der Waals surface area contributed by atoms with Crippen LogP contribution in [0.3, 0.4) is 0 Å². The molecule has 0 spiro atoms. The molecule has 2 heterocycles. The maximum Gasteiger partial charge on any atom is 0.387 e. The Balaban J connectivity index is 1.51. The van der Waals surface area contributed by atoms with E-state index in [-0.39, 0.29) is 23.2 Å². The van der Waals surface area contributed by atoms with Crippen LogP contribution in [0.1, 0.15) is 58.6 Å². The number of nitrogens with one attached hydrogen (secondary N) is 2. The molecule has 2 aromatic heterocycles. The first-order chi connectivity index (χ1) is 16.6. The van der Waals surface area contributed by atoms with E-state index in [1.807, 2.05) is 6.92 Å². The molecule has 8 nitrogen and oxygen atoms in total. The van der Waals surface area contributed by atoms with Crippen LogP contribution in [0.2, 0.25) is 0 Å². The SMILES string of the molecule is CCC(NC(=O)Cn1ncc(NC2C[C@H]3CC([C@H]2C)C3(C)C)c(OC(F)F)c1=O)c1ccncc1. The van der Waals surface area contributed by atoms with Crippen LogP contribution in [-0.4, -0.2) is 33.3 Å². The van der Waals surface area contributed by atoms with E-state index in [0.717, 1.165) is 16.7 Å². The molecule has 0 saturated heterocycles. The van der Waals surface area contributed by atoms with Crippen molar-refractivity contribution in [1.29, 1.82) is 0 Å². The van der Waals surface area contributed by atoms with Crippen LogP contribution in [0.4, 0.5) is 14.5 Å². The number of hydrogen-bond donors (Lipinski definition) is 2. The average molecular weight is 490 g/mol. The summed E-state index contributed by atoms with van der Waals surface area (Å²) in [7, 11) is 0. The van der Waals surface area contributed by atoms with Gasteiger partial charge in [0.25, 0.3) is 0 Å². The molecule has 2 N–H and O–H groups in total. The molecule has 2 aromatic rings. The largest absolute Gasteiger partial charge is 0.427 e. The van der Waals surface area contributed by atoms with E-state index in [4.69, 9.17) is 0 Å². The number of anilines is 1. The van der Waals surface area contributed by atoms with Crippen molar-refractivity contribution in [3.8, 4) is 5.75 Å². The first-order valence-electron chi connectivity index (χ1n) is 12.1. The van der Waals surface area contributed by atoms with Crippen molar-refractivity contribution in [2.24, 2.45) is 23.2 Å². The van der Waals surface area contributed by atoms with Crippen LogP contribution in [0.15, 0.2) is 35.5 Å². The molecule has 5 rings (SSSR count). The minimum Gasteiger partial charge on any atom is -0.427 e. The molecule has 3 saturated carbocycles. The summed E-state index contributed by atoms with van der Waals surface area (Å²) < 4.78 is 31.9. The molecule has 0 aromatic carbocycles. The van der Waals surface area contributed by atoms with Crippen molar-refractivity contribution in [2.45, 2.75) is 72.2 Å². The van der Waals surface area contributed by atoms with Gasteiger partial charge >= 0.3 is 12.2 Å². The number of amides is 1. The molecule has 3 aliphatic carbocycles. The van der Waals surface area contributed by atoms with Crippen LogP contribution >= 0.6 is 0 Å². The first-order valence-corrected chi connectivity index (χ1v) is 12.1. The zero-order valence-electron chi connectivity index (χ0n) is 20.5. The smallest absolute Gasteiger partial charge is 0.387 e. The number of alkyl halides is 2. The summed E-state index contributed by atoms with van der Waals surface area (Å²) in [5, 5.41) is 10.2. The third kappa shape index (κ3) is 5.01. The summed E-state index contributed by atoms with van der Waals surface area (Å²) in [5.41, 5.74) is 0.393. The van der Waals surface area contributed by atoms with E-state index < -0.39 is 30.4 Å². The Hall–Kier alpha value is -3.04. The third-order valence-electron chi connectivity index (χ3n) is 8.05. The highest BCUT2D eigenvalue weighted by molar-refractivity contribution is 5.76. The predicted molar refractivity (Wildman–Crippen MR) is 127 cm³/mol. The summed E-state index contributed by atoms with van der Waals surface area (Å²) >= 11 is 0. The Morgan fingerprint density at radius 3 is 2.60 bits per heavy atom. The lowest BCUT2D eigenvalue weighted by molar-refractivity contribution is -0.122. The van der Waals surface area contributed by atoms with Crippen LogP contribution in [0.5, 0.6) is 5.75 Å². The highest BCUT2D eigenvalue weighted by Crippen LogP contribution is 2.61. The van der Waals surface area contributed by atoms with E-state index in [0.29, 0.717) is 24.2 Å². The second kappa shape index (κ2) is 9.91. The van der Waals surface area contributed by atoms with Crippen LogP contribution in [0.25, 0.3) is 0 Å². The van der Waals surface area contributed by atoms with E-state index >= 15 is 0 Å². The van der Waals surface area contributed by atoms with Crippen molar-refractivity contribution < 1.29 is 18.3 Å². The van der Waals surface area contributed by atoms with Gasteiger partial charge < -0.3 is 15.4 Å². The van der Waals surface area contributed by atoms with Crippen LogP contribution in [-0.2, 0) is 11.3 Å². The Morgan fingerprint density at radius 2 is 2.00 bits per heavy atom. The van der Waals surface area contributed by atoms with E-state index in [1.165, 1.54) is 12.6 Å². The van der Waals surface area contributed by atoms with Gasteiger partial charge in [0, 0.05) is 18.4 Å². The van der Waals surface area contributed by atoms with Crippen molar-refractivity contribution in [2.75, 3.05) is 5.32 Å². The minimum absolute atomic E-state index is 0.0258. The molecule has 1 amide bonds.